The topological polar surface area (TPSA) is 45.3 Å². The number of halogens is 1. The number of fused-ring (bicyclic) bond motifs is 1. The van der Waals surface area contributed by atoms with Crippen LogP contribution in [0.5, 0.6) is 0 Å². The maximum atomic E-state index is 12.4. The van der Waals surface area contributed by atoms with Crippen molar-refractivity contribution in [2.24, 2.45) is 0 Å². The van der Waals surface area contributed by atoms with Crippen LogP contribution in [-0.4, -0.2) is 42.1 Å². The van der Waals surface area contributed by atoms with E-state index in [1.165, 1.54) is 0 Å². The zero-order chi connectivity index (χ0) is 13.4. The Morgan fingerprint density at radius 1 is 1.53 bits per heavy atom. The Balaban J connectivity index is 1.88. The van der Waals surface area contributed by atoms with Crippen LogP contribution in [0.15, 0.2) is 24.3 Å². The molecule has 4 nitrogen and oxygen atoms in total. The summed E-state index contributed by atoms with van der Waals surface area (Å²) in [6.07, 6.45) is 1.04. The van der Waals surface area contributed by atoms with Crippen molar-refractivity contribution >= 4 is 28.4 Å². The van der Waals surface area contributed by atoms with Crippen molar-refractivity contribution < 1.29 is 9.53 Å². The predicted octanol–water partition coefficient (Wildman–Crippen LogP) is 2.68. The molecule has 0 saturated carbocycles. The minimum atomic E-state index is 0.00631. The van der Waals surface area contributed by atoms with Crippen molar-refractivity contribution in [2.45, 2.75) is 12.5 Å². The molecule has 1 unspecified atom stereocenters. The second kappa shape index (κ2) is 4.87. The van der Waals surface area contributed by atoms with E-state index in [1.54, 1.807) is 7.11 Å². The van der Waals surface area contributed by atoms with E-state index in [-0.39, 0.29) is 12.0 Å². The molecular formula is C14H15ClN2O2. The average Bonchev–Trinajstić information content (AvgIpc) is 3.05. The minimum Gasteiger partial charge on any atom is -0.380 e. The maximum Gasteiger partial charge on any atom is 0.270 e. The highest BCUT2D eigenvalue weighted by atomic mass is 35.5. The normalized spacial score (nSPS) is 19.3. The van der Waals surface area contributed by atoms with Crippen LogP contribution in [0, 0.1) is 0 Å². The van der Waals surface area contributed by atoms with Crippen molar-refractivity contribution in [1.29, 1.82) is 0 Å². The van der Waals surface area contributed by atoms with Gasteiger partial charge in [0, 0.05) is 25.6 Å². The van der Waals surface area contributed by atoms with Gasteiger partial charge in [-0.1, -0.05) is 23.7 Å². The molecule has 0 spiro atoms. The number of aromatic nitrogens is 1. The third-order valence-corrected chi connectivity index (χ3v) is 3.92. The second-order valence-electron chi connectivity index (χ2n) is 4.78. The van der Waals surface area contributed by atoms with Crippen LogP contribution in [-0.2, 0) is 4.74 Å². The Labute approximate surface area is 116 Å². The van der Waals surface area contributed by atoms with Crippen molar-refractivity contribution in [3.63, 3.8) is 0 Å². The molecule has 0 radical (unpaired) electrons. The first-order valence-electron chi connectivity index (χ1n) is 6.28. The number of benzene rings is 1. The number of ether oxygens (including phenoxy) is 1. The minimum absolute atomic E-state index is 0.00631. The quantitative estimate of drug-likeness (QED) is 0.918. The molecule has 0 bridgehead atoms. The fraction of sp³-hybridized carbons (Fsp3) is 0.357. The second-order valence-corrected chi connectivity index (χ2v) is 5.19. The van der Waals surface area contributed by atoms with Gasteiger partial charge in [0.2, 0.25) is 0 Å². The van der Waals surface area contributed by atoms with Crippen molar-refractivity contribution in [3.8, 4) is 0 Å². The molecule has 1 fully saturated rings. The van der Waals surface area contributed by atoms with Crippen LogP contribution in [0.1, 0.15) is 16.9 Å². The number of nitrogens with zero attached hydrogens (tertiary/aromatic N) is 1. The van der Waals surface area contributed by atoms with Crippen LogP contribution in [0.4, 0.5) is 0 Å². The largest absolute Gasteiger partial charge is 0.380 e. The molecule has 2 heterocycles. The molecule has 1 atom stereocenters. The zero-order valence-corrected chi connectivity index (χ0v) is 11.4. The summed E-state index contributed by atoms with van der Waals surface area (Å²) in [6.45, 7) is 1.39. The summed E-state index contributed by atoms with van der Waals surface area (Å²) in [6, 6.07) is 7.48. The van der Waals surface area contributed by atoms with E-state index >= 15 is 0 Å². The molecule has 1 aromatic heterocycles. The molecule has 1 aromatic carbocycles. The molecule has 19 heavy (non-hydrogen) atoms. The van der Waals surface area contributed by atoms with E-state index in [9.17, 15) is 4.79 Å². The number of methoxy groups -OCH3 is 1. The molecule has 1 aliphatic heterocycles. The van der Waals surface area contributed by atoms with Gasteiger partial charge in [-0.2, -0.15) is 0 Å². The van der Waals surface area contributed by atoms with Gasteiger partial charge in [-0.15, -0.1) is 0 Å². The Morgan fingerprint density at radius 3 is 3.05 bits per heavy atom. The third kappa shape index (κ3) is 2.22. The van der Waals surface area contributed by atoms with Crippen LogP contribution in [0.25, 0.3) is 10.9 Å². The number of amides is 1. The van der Waals surface area contributed by atoms with Crippen LogP contribution in [0.2, 0.25) is 5.02 Å². The smallest absolute Gasteiger partial charge is 0.270 e. The molecule has 1 saturated heterocycles. The van der Waals surface area contributed by atoms with Gasteiger partial charge >= 0.3 is 0 Å². The third-order valence-electron chi connectivity index (χ3n) is 3.60. The number of likely N-dealkylation sites (tertiary alicyclic amines) is 1. The monoisotopic (exact) mass is 278 g/mol. The average molecular weight is 279 g/mol. The number of H-pyrrole nitrogens is 1. The van der Waals surface area contributed by atoms with E-state index < -0.39 is 0 Å². The predicted molar refractivity (Wildman–Crippen MR) is 74.6 cm³/mol. The van der Waals surface area contributed by atoms with E-state index in [0.717, 1.165) is 23.9 Å². The Morgan fingerprint density at radius 2 is 2.37 bits per heavy atom. The number of para-hydroxylation sites is 1. The summed E-state index contributed by atoms with van der Waals surface area (Å²) >= 11 is 6.10. The van der Waals surface area contributed by atoms with Crippen LogP contribution < -0.4 is 0 Å². The van der Waals surface area contributed by atoms with Gasteiger partial charge in [0.15, 0.2) is 0 Å². The molecule has 5 heteroatoms. The van der Waals surface area contributed by atoms with Gasteiger partial charge in [-0.3, -0.25) is 4.79 Å². The number of hydrogen-bond acceptors (Lipinski definition) is 2. The molecule has 3 rings (SSSR count). The fourth-order valence-electron chi connectivity index (χ4n) is 2.51. The van der Waals surface area contributed by atoms with Gasteiger partial charge in [0.05, 0.1) is 16.6 Å². The number of nitrogens with one attached hydrogen (secondary N) is 1. The molecule has 2 aromatic rings. The van der Waals surface area contributed by atoms with Crippen molar-refractivity contribution in [3.05, 3.63) is 35.0 Å². The van der Waals surface area contributed by atoms with Gasteiger partial charge in [0.1, 0.15) is 5.69 Å². The summed E-state index contributed by atoms with van der Waals surface area (Å²) < 4.78 is 5.28. The zero-order valence-electron chi connectivity index (χ0n) is 10.6. The van der Waals surface area contributed by atoms with E-state index in [1.807, 2.05) is 29.2 Å². The summed E-state index contributed by atoms with van der Waals surface area (Å²) in [5, 5.41) is 1.59. The highest BCUT2D eigenvalue weighted by Gasteiger charge is 2.27. The van der Waals surface area contributed by atoms with Crippen molar-refractivity contribution in [2.75, 3.05) is 20.2 Å². The maximum absolute atomic E-state index is 12.4. The summed E-state index contributed by atoms with van der Waals surface area (Å²) in [7, 11) is 1.68. The highest BCUT2D eigenvalue weighted by molar-refractivity contribution is 6.35. The SMILES string of the molecule is COC1CCN(C(=O)c2cc3cccc(Cl)c3[nH]2)C1. The lowest BCUT2D eigenvalue weighted by Gasteiger charge is -2.14. The summed E-state index contributed by atoms with van der Waals surface area (Å²) in [4.78, 5) is 17.3. The first-order valence-corrected chi connectivity index (χ1v) is 6.66. The van der Waals surface area contributed by atoms with Crippen LogP contribution >= 0.6 is 11.6 Å². The lowest BCUT2D eigenvalue weighted by atomic mass is 10.2. The fourth-order valence-corrected chi connectivity index (χ4v) is 2.74. The molecule has 1 amide bonds. The first kappa shape index (κ1) is 12.5. The molecule has 1 N–H and O–H groups in total. The molecule has 100 valence electrons. The Hall–Kier alpha value is -1.52. The summed E-state index contributed by atoms with van der Waals surface area (Å²) in [5.74, 6) is 0.00631. The van der Waals surface area contributed by atoms with Gasteiger partial charge in [0.25, 0.3) is 5.91 Å². The Kier molecular flexibility index (Phi) is 3.21. The number of rotatable bonds is 2. The number of carbonyl (C=O) groups excluding carboxylic acids is 1. The standard InChI is InChI=1S/C14H15ClN2O2/c1-19-10-5-6-17(8-10)14(18)12-7-9-3-2-4-11(15)13(9)16-12/h2-4,7,10,16H,5-6,8H2,1H3. The van der Waals surface area contributed by atoms with E-state index in [0.29, 0.717) is 17.3 Å². The van der Waals surface area contributed by atoms with Gasteiger partial charge in [-0.05, 0) is 18.6 Å². The lowest BCUT2D eigenvalue weighted by molar-refractivity contribution is 0.0720. The van der Waals surface area contributed by atoms with Gasteiger partial charge < -0.3 is 14.6 Å². The van der Waals surface area contributed by atoms with Crippen molar-refractivity contribution in [1.82, 2.24) is 9.88 Å². The highest BCUT2D eigenvalue weighted by Crippen LogP contribution is 2.24. The first-order chi connectivity index (χ1) is 9.19. The van der Waals surface area contributed by atoms with Gasteiger partial charge in [-0.25, -0.2) is 0 Å². The van der Waals surface area contributed by atoms with E-state index in [4.69, 9.17) is 16.3 Å². The molecule has 0 aliphatic carbocycles. The number of carbonyl (C=O) groups is 1. The Bertz CT molecular complexity index is 623. The molecular weight excluding hydrogens is 264 g/mol. The number of hydrogen-bond donors (Lipinski definition) is 1. The molecule has 1 aliphatic rings. The number of aromatic amines is 1. The van der Waals surface area contributed by atoms with Crippen LogP contribution in [0.3, 0.4) is 0 Å². The lowest BCUT2D eigenvalue weighted by Crippen LogP contribution is -2.30. The summed E-state index contributed by atoms with van der Waals surface area (Å²) in [5.41, 5.74) is 1.40. The van der Waals surface area contributed by atoms with E-state index in [2.05, 4.69) is 4.98 Å².